The van der Waals surface area contributed by atoms with Crippen LogP contribution >= 0.6 is 0 Å². The Morgan fingerprint density at radius 3 is 2.43 bits per heavy atom. The molecular formula is C16H22N2O4S. The highest BCUT2D eigenvalue weighted by molar-refractivity contribution is 7.91. The molecule has 0 aromatic heterocycles. The molecule has 0 N–H and O–H groups in total. The maximum absolute atomic E-state index is 12.2. The van der Waals surface area contributed by atoms with Crippen molar-refractivity contribution in [2.75, 3.05) is 44.3 Å². The van der Waals surface area contributed by atoms with Crippen LogP contribution in [0.2, 0.25) is 0 Å². The fourth-order valence-corrected chi connectivity index (χ4v) is 4.91. The Morgan fingerprint density at radius 2 is 1.83 bits per heavy atom. The summed E-state index contributed by atoms with van der Waals surface area (Å²) in [5.74, 6) is 1.22. The highest BCUT2D eigenvalue weighted by Gasteiger charge is 2.34. The SMILES string of the molecule is O=C(COc1ccccc1)N1CCN([C@@H]2CCS(=O)(=O)C2)CC1. The van der Waals surface area contributed by atoms with Crippen molar-refractivity contribution in [2.24, 2.45) is 0 Å². The van der Waals surface area contributed by atoms with Crippen molar-refractivity contribution >= 4 is 15.7 Å². The first-order chi connectivity index (χ1) is 11.0. The van der Waals surface area contributed by atoms with E-state index in [4.69, 9.17) is 4.74 Å². The molecule has 0 radical (unpaired) electrons. The number of rotatable bonds is 4. The number of carbonyl (C=O) groups is 1. The lowest BCUT2D eigenvalue weighted by molar-refractivity contribution is -0.135. The van der Waals surface area contributed by atoms with E-state index in [-0.39, 0.29) is 24.3 Å². The minimum Gasteiger partial charge on any atom is -0.484 e. The van der Waals surface area contributed by atoms with Gasteiger partial charge < -0.3 is 9.64 Å². The van der Waals surface area contributed by atoms with Gasteiger partial charge in [-0.05, 0) is 18.6 Å². The second-order valence-corrected chi connectivity index (χ2v) is 8.30. The largest absolute Gasteiger partial charge is 0.484 e. The van der Waals surface area contributed by atoms with Gasteiger partial charge in [-0.2, -0.15) is 0 Å². The third-order valence-electron chi connectivity index (χ3n) is 4.50. The van der Waals surface area contributed by atoms with Crippen molar-refractivity contribution in [3.8, 4) is 5.75 Å². The van der Waals surface area contributed by atoms with E-state index in [9.17, 15) is 13.2 Å². The summed E-state index contributed by atoms with van der Waals surface area (Å²) in [5, 5.41) is 0. The summed E-state index contributed by atoms with van der Waals surface area (Å²) in [7, 11) is -2.86. The molecule has 0 spiro atoms. The normalized spacial score (nSPS) is 24.5. The molecule has 7 heteroatoms. The van der Waals surface area contributed by atoms with Crippen molar-refractivity contribution < 1.29 is 17.9 Å². The molecule has 1 aromatic rings. The van der Waals surface area contributed by atoms with Crippen molar-refractivity contribution in [2.45, 2.75) is 12.5 Å². The molecule has 1 amide bonds. The third-order valence-corrected chi connectivity index (χ3v) is 6.25. The average Bonchev–Trinajstić information content (AvgIpc) is 2.94. The highest BCUT2D eigenvalue weighted by atomic mass is 32.2. The summed E-state index contributed by atoms with van der Waals surface area (Å²) in [5.41, 5.74) is 0. The second kappa shape index (κ2) is 6.88. The summed E-state index contributed by atoms with van der Waals surface area (Å²) >= 11 is 0. The second-order valence-electron chi connectivity index (χ2n) is 6.08. The van der Waals surface area contributed by atoms with E-state index in [1.807, 2.05) is 30.3 Å². The molecule has 0 unspecified atom stereocenters. The molecule has 23 heavy (non-hydrogen) atoms. The van der Waals surface area contributed by atoms with Crippen LogP contribution in [0.5, 0.6) is 5.75 Å². The van der Waals surface area contributed by atoms with E-state index < -0.39 is 9.84 Å². The molecule has 2 fully saturated rings. The van der Waals surface area contributed by atoms with Gasteiger partial charge in [0, 0.05) is 32.2 Å². The average molecular weight is 338 g/mol. The first kappa shape index (κ1) is 16.3. The van der Waals surface area contributed by atoms with E-state index in [2.05, 4.69) is 4.90 Å². The maximum Gasteiger partial charge on any atom is 0.260 e. The minimum atomic E-state index is -2.86. The van der Waals surface area contributed by atoms with E-state index in [1.165, 1.54) is 0 Å². The van der Waals surface area contributed by atoms with Gasteiger partial charge in [-0.25, -0.2) is 8.42 Å². The van der Waals surface area contributed by atoms with Crippen molar-refractivity contribution in [1.29, 1.82) is 0 Å². The molecule has 1 atom stereocenters. The van der Waals surface area contributed by atoms with E-state index in [0.29, 0.717) is 31.0 Å². The fraction of sp³-hybridized carbons (Fsp3) is 0.562. The molecule has 2 aliphatic heterocycles. The third kappa shape index (κ3) is 4.23. The van der Waals surface area contributed by atoms with Crippen LogP contribution in [0.15, 0.2) is 30.3 Å². The molecule has 2 saturated heterocycles. The zero-order valence-electron chi connectivity index (χ0n) is 13.1. The van der Waals surface area contributed by atoms with Crippen LogP contribution in [0.25, 0.3) is 0 Å². The Balaban J connectivity index is 1.44. The van der Waals surface area contributed by atoms with Gasteiger partial charge in [-0.3, -0.25) is 9.69 Å². The highest BCUT2D eigenvalue weighted by Crippen LogP contribution is 2.19. The lowest BCUT2D eigenvalue weighted by Gasteiger charge is -2.37. The van der Waals surface area contributed by atoms with Crippen LogP contribution < -0.4 is 4.74 Å². The zero-order valence-corrected chi connectivity index (χ0v) is 13.9. The molecule has 0 aliphatic carbocycles. The summed E-state index contributed by atoms with van der Waals surface area (Å²) in [4.78, 5) is 16.2. The summed E-state index contributed by atoms with van der Waals surface area (Å²) in [6, 6.07) is 9.41. The number of benzene rings is 1. The van der Waals surface area contributed by atoms with Gasteiger partial charge in [0.05, 0.1) is 11.5 Å². The van der Waals surface area contributed by atoms with Crippen molar-refractivity contribution in [3.05, 3.63) is 30.3 Å². The first-order valence-electron chi connectivity index (χ1n) is 7.94. The molecule has 0 saturated carbocycles. The minimum absolute atomic E-state index is 0.0208. The number of ether oxygens (including phenoxy) is 1. The number of piperazine rings is 1. The summed E-state index contributed by atoms with van der Waals surface area (Å²) in [6.07, 6.45) is 0.716. The molecule has 3 rings (SSSR count). The molecule has 1 aromatic carbocycles. The van der Waals surface area contributed by atoms with E-state index in [0.717, 1.165) is 13.1 Å². The number of para-hydroxylation sites is 1. The van der Waals surface area contributed by atoms with Crippen LogP contribution in [0.3, 0.4) is 0 Å². The van der Waals surface area contributed by atoms with Gasteiger partial charge in [0.25, 0.3) is 5.91 Å². The zero-order chi connectivity index (χ0) is 16.3. The Kier molecular flexibility index (Phi) is 4.87. The Labute approximate surface area is 136 Å². The maximum atomic E-state index is 12.2. The lowest BCUT2D eigenvalue weighted by atomic mass is 10.2. The number of hydrogen-bond donors (Lipinski definition) is 0. The van der Waals surface area contributed by atoms with Gasteiger partial charge in [0.15, 0.2) is 16.4 Å². The van der Waals surface area contributed by atoms with E-state index >= 15 is 0 Å². The number of nitrogens with zero attached hydrogens (tertiary/aromatic N) is 2. The summed E-state index contributed by atoms with van der Waals surface area (Å²) in [6.45, 7) is 2.78. The number of sulfone groups is 1. The molecular weight excluding hydrogens is 316 g/mol. The first-order valence-corrected chi connectivity index (χ1v) is 9.76. The van der Waals surface area contributed by atoms with Gasteiger partial charge in [-0.1, -0.05) is 18.2 Å². The van der Waals surface area contributed by atoms with Gasteiger partial charge in [0.2, 0.25) is 0 Å². The topological polar surface area (TPSA) is 66.9 Å². The predicted octanol–water partition coefficient (Wildman–Crippen LogP) is 0.397. The summed E-state index contributed by atoms with van der Waals surface area (Å²) < 4.78 is 28.6. The molecule has 2 aliphatic rings. The van der Waals surface area contributed by atoms with Crippen LogP contribution in [-0.4, -0.2) is 74.5 Å². The number of hydrogen-bond acceptors (Lipinski definition) is 5. The monoisotopic (exact) mass is 338 g/mol. The molecule has 0 bridgehead atoms. The van der Waals surface area contributed by atoms with Gasteiger partial charge in [-0.15, -0.1) is 0 Å². The van der Waals surface area contributed by atoms with Crippen LogP contribution in [0.4, 0.5) is 0 Å². The van der Waals surface area contributed by atoms with Gasteiger partial charge >= 0.3 is 0 Å². The van der Waals surface area contributed by atoms with Crippen LogP contribution in [0.1, 0.15) is 6.42 Å². The fourth-order valence-electron chi connectivity index (χ4n) is 3.15. The van der Waals surface area contributed by atoms with E-state index in [1.54, 1.807) is 4.90 Å². The van der Waals surface area contributed by atoms with Crippen molar-refractivity contribution in [3.63, 3.8) is 0 Å². The Bertz CT molecular complexity index is 639. The Hall–Kier alpha value is -1.60. The van der Waals surface area contributed by atoms with Crippen LogP contribution in [0, 0.1) is 0 Å². The molecule has 126 valence electrons. The lowest BCUT2D eigenvalue weighted by Crippen LogP contribution is -2.53. The quantitative estimate of drug-likeness (QED) is 0.795. The molecule has 2 heterocycles. The predicted molar refractivity (Wildman–Crippen MR) is 87.1 cm³/mol. The smallest absolute Gasteiger partial charge is 0.260 e. The standard InChI is InChI=1S/C16H22N2O4S/c19-16(12-22-15-4-2-1-3-5-15)18-9-7-17(8-10-18)14-6-11-23(20,21)13-14/h1-5,14H,6-13H2/t14-/m1/s1. The number of carbonyl (C=O) groups excluding carboxylic acids is 1. The number of amides is 1. The van der Waals surface area contributed by atoms with Crippen molar-refractivity contribution in [1.82, 2.24) is 9.80 Å². The molecule has 6 nitrogen and oxygen atoms in total. The Morgan fingerprint density at radius 1 is 1.13 bits per heavy atom. The van der Waals surface area contributed by atoms with Crippen LogP contribution in [-0.2, 0) is 14.6 Å². The van der Waals surface area contributed by atoms with Gasteiger partial charge in [0.1, 0.15) is 5.75 Å².